The number of nitrogens with one attached hydrogen (secondary N) is 1. The van der Waals surface area contributed by atoms with Crippen molar-refractivity contribution in [2.45, 2.75) is 18.6 Å². The van der Waals surface area contributed by atoms with E-state index in [1.165, 1.54) is 11.8 Å². The molecule has 0 unspecified atom stereocenters. The molecule has 1 aromatic heterocycles. The summed E-state index contributed by atoms with van der Waals surface area (Å²) in [7, 11) is 0. The smallest absolute Gasteiger partial charge is 0.255 e. The molecule has 3 aromatic rings. The van der Waals surface area contributed by atoms with Crippen LogP contribution in [0.1, 0.15) is 21.5 Å². The van der Waals surface area contributed by atoms with Crippen LogP contribution in [0.25, 0.3) is 11.3 Å². The van der Waals surface area contributed by atoms with Crippen molar-refractivity contribution < 1.29 is 4.79 Å². The predicted molar refractivity (Wildman–Crippen MR) is 102 cm³/mol. The lowest BCUT2D eigenvalue weighted by molar-refractivity contribution is 0.0950. The fourth-order valence-electron chi connectivity index (χ4n) is 2.53. The quantitative estimate of drug-likeness (QED) is 0.556. The Morgan fingerprint density at radius 3 is 2.52 bits per heavy atom. The number of carbonyl (C=O) groups excluding carboxylic acids is 1. The molecular formula is C20H19N3OS. The Morgan fingerprint density at radius 2 is 1.80 bits per heavy atom. The molecule has 0 fully saturated rings. The number of rotatable bonds is 5. The Bertz CT molecular complexity index is 881. The molecule has 3 rings (SSSR count). The minimum absolute atomic E-state index is 0.172. The first-order valence-corrected chi connectivity index (χ1v) is 9.20. The van der Waals surface area contributed by atoms with E-state index in [-0.39, 0.29) is 5.91 Å². The van der Waals surface area contributed by atoms with Gasteiger partial charge in [0.1, 0.15) is 0 Å². The zero-order chi connectivity index (χ0) is 17.6. The number of thioether (sulfide) groups is 1. The summed E-state index contributed by atoms with van der Waals surface area (Å²) < 4.78 is 0. The molecule has 1 heterocycles. The van der Waals surface area contributed by atoms with Gasteiger partial charge in [0, 0.05) is 18.3 Å². The Labute approximate surface area is 151 Å². The first-order valence-electron chi connectivity index (χ1n) is 7.98. The van der Waals surface area contributed by atoms with Gasteiger partial charge in [0.05, 0.1) is 11.3 Å². The summed E-state index contributed by atoms with van der Waals surface area (Å²) in [4.78, 5) is 21.5. The van der Waals surface area contributed by atoms with Gasteiger partial charge in [0.15, 0.2) is 5.16 Å². The van der Waals surface area contributed by atoms with E-state index in [0.717, 1.165) is 16.7 Å². The third-order valence-corrected chi connectivity index (χ3v) is 4.50. The molecule has 2 aromatic carbocycles. The third-order valence-electron chi connectivity index (χ3n) is 3.94. The number of aryl methyl sites for hydroxylation is 1. The number of hydrogen-bond acceptors (Lipinski definition) is 4. The second-order valence-electron chi connectivity index (χ2n) is 5.59. The van der Waals surface area contributed by atoms with Crippen molar-refractivity contribution in [1.82, 2.24) is 15.3 Å². The van der Waals surface area contributed by atoms with E-state index in [2.05, 4.69) is 15.3 Å². The van der Waals surface area contributed by atoms with Crippen LogP contribution in [-0.2, 0) is 6.54 Å². The van der Waals surface area contributed by atoms with Crippen LogP contribution in [0.3, 0.4) is 0 Å². The molecule has 0 aliphatic heterocycles. The van der Waals surface area contributed by atoms with E-state index in [9.17, 15) is 4.79 Å². The van der Waals surface area contributed by atoms with E-state index in [0.29, 0.717) is 23.0 Å². The highest BCUT2D eigenvalue weighted by molar-refractivity contribution is 7.98. The van der Waals surface area contributed by atoms with E-state index in [1.54, 1.807) is 6.20 Å². The number of carbonyl (C=O) groups is 1. The molecule has 4 nitrogen and oxygen atoms in total. The Balaban J connectivity index is 1.88. The van der Waals surface area contributed by atoms with Crippen LogP contribution in [-0.4, -0.2) is 22.1 Å². The van der Waals surface area contributed by atoms with E-state index in [4.69, 9.17) is 0 Å². The summed E-state index contributed by atoms with van der Waals surface area (Å²) in [6, 6.07) is 17.7. The fourth-order valence-corrected chi connectivity index (χ4v) is 2.87. The van der Waals surface area contributed by atoms with Gasteiger partial charge in [0.25, 0.3) is 5.91 Å². The topological polar surface area (TPSA) is 54.9 Å². The van der Waals surface area contributed by atoms with Crippen molar-refractivity contribution in [2.24, 2.45) is 0 Å². The van der Waals surface area contributed by atoms with Crippen molar-refractivity contribution in [1.29, 1.82) is 0 Å². The van der Waals surface area contributed by atoms with Crippen LogP contribution in [0.2, 0.25) is 0 Å². The zero-order valence-corrected chi connectivity index (χ0v) is 15.0. The lowest BCUT2D eigenvalue weighted by Gasteiger charge is -2.11. The molecule has 0 saturated heterocycles. The number of benzene rings is 2. The Morgan fingerprint density at radius 1 is 1.08 bits per heavy atom. The molecule has 25 heavy (non-hydrogen) atoms. The molecule has 0 saturated carbocycles. The molecule has 0 spiro atoms. The lowest BCUT2D eigenvalue weighted by Crippen LogP contribution is -2.24. The standard InChI is InChI=1S/C20H19N3OS/c1-14-8-6-7-11-16(14)12-21-19(24)17-13-22-20(25-2)23-18(17)15-9-4-3-5-10-15/h3-11,13H,12H2,1-2H3,(H,21,24). The van der Waals surface area contributed by atoms with Gasteiger partial charge in [-0.15, -0.1) is 0 Å². The molecule has 5 heteroatoms. The maximum atomic E-state index is 12.7. The van der Waals surface area contributed by atoms with Gasteiger partial charge in [-0.1, -0.05) is 66.4 Å². The summed E-state index contributed by atoms with van der Waals surface area (Å²) in [5.41, 5.74) is 4.29. The summed E-state index contributed by atoms with van der Waals surface area (Å²) >= 11 is 1.46. The van der Waals surface area contributed by atoms with Gasteiger partial charge in [-0.05, 0) is 24.3 Å². The molecule has 0 radical (unpaired) electrons. The summed E-state index contributed by atoms with van der Waals surface area (Å²) in [5.74, 6) is -0.172. The minimum atomic E-state index is -0.172. The normalized spacial score (nSPS) is 10.5. The van der Waals surface area contributed by atoms with Crippen LogP contribution < -0.4 is 5.32 Å². The number of aromatic nitrogens is 2. The monoisotopic (exact) mass is 349 g/mol. The second-order valence-corrected chi connectivity index (χ2v) is 6.37. The molecule has 0 aliphatic rings. The van der Waals surface area contributed by atoms with E-state index in [1.807, 2.05) is 67.8 Å². The fraction of sp³-hybridized carbons (Fsp3) is 0.150. The second kappa shape index (κ2) is 7.94. The van der Waals surface area contributed by atoms with Crippen LogP contribution >= 0.6 is 11.8 Å². The molecule has 1 amide bonds. The van der Waals surface area contributed by atoms with E-state index >= 15 is 0 Å². The highest BCUT2D eigenvalue weighted by atomic mass is 32.2. The number of hydrogen-bond donors (Lipinski definition) is 1. The average Bonchev–Trinajstić information content (AvgIpc) is 2.67. The van der Waals surface area contributed by atoms with Gasteiger partial charge in [-0.3, -0.25) is 4.79 Å². The SMILES string of the molecule is CSc1ncc(C(=O)NCc2ccccc2C)c(-c2ccccc2)n1. The van der Waals surface area contributed by atoms with Gasteiger partial charge in [-0.2, -0.15) is 0 Å². The Kier molecular flexibility index (Phi) is 5.46. The maximum absolute atomic E-state index is 12.7. The lowest BCUT2D eigenvalue weighted by atomic mass is 10.1. The van der Waals surface area contributed by atoms with Crippen molar-refractivity contribution >= 4 is 17.7 Å². The third kappa shape index (κ3) is 4.06. The van der Waals surface area contributed by atoms with Gasteiger partial charge in [-0.25, -0.2) is 9.97 Å². The first-order chi connectivity index (χ1) is 12.2. The molecular weight excluding hydrogens is 330 g/mol. The van der Waals surface area contributed by atoms with Gasteiger partial charge < -0.3 is 5.32 Å². The van der Waals surface area contributed by atoms with E-state index < -0.39 is 0 Å². The average molecular weight is 349 g/mol. The molecule has 0 bridgehead atoms. The molecule has 126 valence electrons. The van der Waals surface area contributed by atoms with Crippen LogP contribution in [0.15, 0.2) is 66.0 Å². The van der Waals surface area contributed by atoms with Crippen LogP contribution in [0.4, 0.5) is 0 Å². The molecule has 0 aliphatic carbocycles. The summed E-state index contributed by atoms with van der Waals surface area (Å²) in [6.45, 7) is 2.51. The van der Waals surface area contributed by atoms with Crippen molar-refractivity contribution in [2.75, 3.05) is 6.26 Å². The molecule has 1 N–H and O–H groups in total. The highest BCUT2D eigenvalue weighted by Gasteiger charge is 2.16. The zero-order valence-electron chi connectivity index (χ0n) is 14.2. The Hall–Kier alpha value is -2.66. The number of nitrogens with zero attached hydrogens (tertiary/aromatic N) is 2. The largest absolute Gasteiger partial charge is 0.348 e. The van der Waals surface area contributed by atoms with Gasteiger partial charge in [0.2, 0.25) is 0 Å². The van der Waals surface area contributed by atoms with Gasteiger partial charge >= 0.3 is 0 Å². The summed E-state index contributed by atoms with van der Waals surface area (Å²) in [6.07, 6.45) is 3.52. The number of amides is 1. The summed E-state index contributed by atoms with van der Waals surface area (Å²) in [5, 5.41) is 3.63. The first kappa shape index (κ1) is 17.2. The predicted octanol–water partition coefficient (Wildman–Crippen LogP) is 4.10. The van der Waals surface area contributed by atoms with Crippen molar-refractivity contribution in [3.05, 3.63) is 77.5 Å². The van der Waals surface area contributed by atoms with Crippen LogP contribution in [0, 0.1) is 6.92 Å². The highest BCUT2D eigenvalue weighted by Crippen LogP contribution is 2.23. The maximum Gasteiger partial charge on any atom is 0.255 e. The molecule has 0 atom stereocenters. The van der Waals surface area contributed by atoms with Crippen LogP contribution in [0.5, 0.6) is 0 Å². The van der Waals surface area contributed by atoms with Crippen molar-refractivity contribution in [3.63, 3.8) is 0 Å². The minimum Gasteiger partial charge on any atom is -0.348 e. The van der Waals surface area contributed by atoms with Crippen molar-refractivity contribution in [3.8, 4) is 11.3 Å².